The standard InChI is InChI=1S/C22H19N5O4S/c28-21-7-6-17(15-8-11-23-12-9-15)25-27(21)19-14-31-13-18(19)26-32(29,30)20-5-1-3-16-4-2-10-24-22(16)20/h1-12,18-19,26H,13-14H2. The zero-order valence-corrected chi connectivity index (χ0v) is 17.6. The van der Waals surface area contributed by atoms with Gasteiger partial charge in [0.15, 0.2) is 0 Å². The molecule has 9 nitrogen and oxygen atoms in total. The molecule has 2 atom stereocenters. The Morgan fingerprint density at radius 1 is 0.969 bits per heavy atom. The molecule has 4 heterocycles. The molecule has 2 unspecified atom stereocenters. The molecule has 0 amide bonds. The summed E-state index contributed by atoms with van der Waals surface area (Å²) in [5.74, 6) is 0. The molecule has 4 aromatic rings. The van der Waals surface area contributed by atoms with Gasteiger partial charge in [-0.2, -0.15) is 5.10 Å². The lowest BCUT2D eigenvalue weighted by Crippen LogP contribution is -2.44. The molecule has 3 aromatic heterocycles. The van der Waals surface area contributed by atoms with Crippen LogP contribution in [-0.2, 0) is 14.8 Å². The van der Waals surface area contributed by atoms with E-state index >= 15 is 0 Å². The summed E-state index contributed by atoms with van der Waals surface area (Å²) in [5, 5.41) is 5.20. The Morgan fingerprint density at radius 2 is 1.78 bits per heavy atom. The van der Waals surface area contributed by atoms with Gasteiger partial charge in [-0.15, -0.1) is 0 Å². The largest absolute Gasteiger partial charge is 0.377 e. The summed E-state index contributed by atoms with van der Waals surface area (Å²) >= 11 is 0. The summed E-state index contributed by atoms with van der Waals surface area (Å²) in [5.41, 5.74) is 1.42. The molecule has 1 aliphatic rings. The van der Waals surface area contributed by atoms with Crippen molar-refractivity contribution in [3.8, 4) is 11.3 Å². The molecule has 0 radical (unpaired) electrons. The molecule has 1 N–H and O–H groups in total. The number of para-hydroxylation sites is 1. The van der Waals surface area contributed by atoms with Crippen LogP contribution in [0.3, 0.4) is 0 Å². The number of sulfonamides is 1. The van der Waals surface area contributed by atoms with Crippen molar-refractivity contribution in [1.29, 1.82) is 0 Å². The van der Waals surface area contributed by atoms with Crippen molar-refractivity contribution in [1.82, 2.24) is 24.5 Å². The quantitative estimate of drug-likeness (QED) is 0.494. The average molecular weight is 449 g/mol. The fourth-order valence-corrected chi connectivity index (χ4v) is 5.23. The van der Waals surface area contributed by atoms with Gasteiger partial charge in [0.1, 0.15) is 4.90 Å². The number of benzene rings is 1. The fourth-order valence-electron chi connectivity index (χ4n) is 3.79. The van der Waals surface area contributed by atoms with Crippen molar-refractivity contribution < 1.29 is 13.2 Å². The number of nitrogens with one attached hydrogen (secondary N) is 1. The minimum absolute atomic E-state index is 0.0760. The van der Waals surface area contributed by atoms with Crippen molar-refractivity contribution in [3.05, 3.63) is 83.5 Å². The van der Waals surface area contributed by atoms with E-state index in [4.69, 9.17) is 4.74 Å². The molecule has 0 aliphatic carbocycles. The minimum atomic E-state index is -3.93. The van der Waals surface area contributed by atoms with Gasteiger partial charge in [0.05, 0.1) is 36.5 Å². The van der Waals surface area contributed by atoms with Gasteiger partial charge < -0.3 is 4.74 Å². The van der Waals surface area contributed by atoms with Crippen LogP contribution in [0.4, 0.5) is 0 Å². The van der Waals surface area contributed by atoms with E-state index in [0.29, 0.717) is 11.2 Å². The Balaban J connectivity index is 1.49. The van der Waals surface area contributed by atoms with Crippen molar-refractivity contribution >= 4 is 20.9 Å². The van der Waals surface area contributed by atoms with Gasteiger partial charge >= 0.3 is 0 Å². The van der Waals surface area contributed by atoms with Crippen LogP contribution >= 0.6 is 0 Å². The summed E-state index contributed by atoms with van der Waals surface area (Å²) in [7, 11) is -3.93. The highest BCUT2D eigenvalue weighted by Gasteiger charge is 2.35. The Kier molecular flexibility index (Phi) is 5.25. The van der Waals surface area contributed by atoms with Crippen molar-refractivity contribution in [2.75, 3.05) is 13.2 Å². The smallest absolute Gasteiger partial charge is 0.267 e. The first-order valence-electron chi connectivity index (χ1n) is 9.97. The van der Waals surface area contributed by atoms with E-state index in [9.17, 15) is 13.2 Å². The summed E-state index contributed by atoms with van der Waals surface area (Å²) in [4.78, 5) is 20.9. The molecule has 1 aliphatic heterocycles. The number of ether oxygens (including phenoxy) is 1. The van der Waals surface area contributed by atoms with Crippen LogP contribution in [-0.4, -0.2) is 47.4 Å². The number of rotatable bonds is 5. The summed E-state index contributed by atoms with van der Waals surface area (Å²) in [6, 6.07) is 13.9. The maximum atomic E-state index is 13.2. The average Bonchev–Trinajstić information content (AvgIpc) is 3.26. The van der Waals surface area contributed by atoms with Gasteiger partial charge in [0.25, 0.3) is 5.56 Å². The first-order chi connectivity index (χ1) is 15.5. The van der Waals surface area contributed by atoms with Crippen LogP contribution in [0.5, 0.6) is 0 Å². The molecule has 32 heavy (non-hydrogen) atoms. The molecule has 5 rings (SSSR count). The highest BCUT2D eigenvalue weighted by atomic mass is 32.2. The van der Waals surface area contributed by atoms with Crippen molar-refractivity contribution in [3.63, 3.8) is 0 Å². The fraction of sp³-hybridized carbons (Fsp3) is 0.182. The van der Waals surface area contributed by atoms with Crippen LogP contribution in [0, 0.1) is 0 Å². The normalized spacial score (nSPS) is 18.8. The highest BCUT2D eigenvalue weighted by molar-refractivity contribution is 7.89. The zero-order valence-electron chi connectivity index (χ0n) is 16.8. The molecule has 0 saturated carbocycles. The van der Waals surface area contributed by atoms with Crippen LogP contribution in [0.1, 0.15) is 6.04 Å². The molecule has 10 heteroatoms. The van der Waals surface area contributed by atoms with E-state index in [2.05, 4.69) is 19.8 Å². The number of fused-ring (bicyclic) bond motifs is 1. The minimum Gasteiger partial charge on any atom is -0.377 e. The van der Waals surface area contributed by atoms with Crippen LogP contribution < -0.4 is 10.3 Å². The Hall–Kier alpha value is -3.47. The summed E-state index contributed by atoms with van der Waals surface area (Å²) in [6.45, 7) is 0.281. The van der Waals surface area contributed by atoms with Gasteiger partial charge in [-0.25, -0.2) is 17.8 Å². The predicted octanol–water partition coefficient (Wildman–Crippen LogP) is 1.77. The van der Waals surface area contributed by atoms with Crippen molar-refractivity contribution in [2.24, 2.45) is 0 Å². The number of pyridine rings is 2. The zero-order chi connectivity index (χ0) is 22.1. The van der Waals surface area contributed by atoms with Crippen LogP contribution in [0.25, 0.3) is 22.2 Å². The molecule has 0 bridgehead atoms. The Labute approximate surface area is 183 Å². The molecule has 1 fully saturated rings. The van der Waals surface area contributed by atoms with Crippen LogP contribution in [0.15, 0.2) is 82.9 Å². The highest BCUT2D eigenvalue weighted by Crippen LogP contribution is 2.24. The monoisotopic (exact) mass is 449 g/mol. The topological polar surface area (TPSA) is 116 Å². The number of aromatic nitrogens is 4. The predicted molar refractivity (Wildman–Crippen MR) is 117 cm³/mol. The van der Waals surface area contributed by atoms with E-state index in [1.807, 2.05) is 0 Å². The summed E-state index contributed by atoms with van der Waals surface area (Å²) < 4.78 is 36.0. The lowest BCUT2D eigenvalue weighted by Gasteiger charge is -2.21. The molecule has 1 aromatic carbocycles. The van der Waals surface area contributed by atoms with Crippen molar-refractivity contribution in [2.45, 2.75) is 17.0 Å². The SMILES string of the molecule is O=c1ccc(-c2ccncc2)nn1C1COCC1NS(=O)(=O)c1cccc2cccnc12. The van der Waals surface area contributed by atoms with E-state index < -0.39 is 22.1 Å². The molecular formula is C22H19N5O4S. The molecule has 0 spiro atoms. The second-order valence-electron chi connectivity index (χ2n) is 7.40. The van der Waals surface area contributed by atoms with Gasteiger partial charge in [0, 0.05) is 35.6 Å². The van der Waals surface area contributed by atoms with Gasteiger partial charge in [0.2, 0.25) is 10.0 Å². The molecule has 162 valence electrons. The van der Waals surface area contributed by atoms with E-state index in [1.165, 1.54) is 16.8 Å². The number of hydrogen-bond acceptors (Lipinski definition) is 7. The van der Waals surface area contributed by atoms with Gasteiger partial charge in [-0.1, -0.05) is 18.2 Å². The van der Waals surface area contributed by atoms with E-state index in [1.54, 1.807) is 61.1 Å². The Bertz CT molecular complexity index is 1430. The third-order valence-corrected chi connectivity index (χ3v) is 6.88. The van der Waals surface area contributed by atoms with Crippen LogP contribution in [0.2, 0.25) is 0 Å². The molecule has 1 saturated heterocycles. The maximum absolute atomic E-state index is 13.2. The van der Waals surface area contributed by atoms with E-state index in [0.717, 1.165) is 10.9 Å². The molecular weight excluding hydrogens is 430 g/mol. The van der Waals surface area contributed by atoms with Gasteiger partial charge in [-0.05, 0) is 30.3 Å². The first-order valence-corrected chi connectivity index (χ1v) is 11.5. The second-order valence-corrected chi connectivity index (χ2v) is 9.08. The lowest BCUT2D eigenvalue weighted by molar-refractivity contribution is 0.182. The van der Waals surface area contributed by atoms with Gasteiger partial charge in [-0.3, -0.25) is 14.8 Å². The second kappa shape index (κ2) is 8.23. The third kappa shape index (κ3) is 3.79. The van der Waals surface area contributed by atoms with E-state index in [-0.39, 0.29) is 23.7 Å². The Morgan fingerprint density at radius 3 is 2.62 bits per heavy atom. The maximum Gasteiger partial charge on any atom is 0.267 e. The number of hydrogen-bond donors (Lipinski definition) is 1. The third-order valence-electron chi connectivity index (χ3n) is 5.36. The summed E-state index contributed by atoms with van der Waals surface area (Å²) in [6.07, 6.45) is 4.83. The number of nitrogens with zero attached hydrogens (tertiary/aromatic N) is 4. The first kappa shape index (κ1) is 20.4. The lowest BCUT2D eigenvalue weighted by atomic mass is 10.1.